The first-order valence-electron chi connectivity index (χ1n) is 23.2. The zero-order valence-electron chi connectivity index (χ0n) is 38.4. The summed E-state index contributed by atoms with van der Waals surface area (Å²) in [5.41, 5.74) is 27.6. The van der Waals surface area contributed by atoms with Crippen molar-refractivity contribution in [3.05, 3.63) is 201 Å². The second-order valence-corrected chi connectivity index (χ2v) is 22.1. The standard InChI is InChI=1S/C63H54/c1-59(2)47(37-19-23-41-43-31-55-45(33-53(43)62(7,8)51(41)29-37)57-39-17-13-11-15-35(39)21-25-49(57)60(55,3)4)27-28-48(59)38-20-24-42-44-32-56-46(34-54(44)63(9,10)52(42)30-38)58-40-18-14-12-16-36(40)22-26-50(58)61(56,5)6/h11-34H,1-10H3. The summed E-state index contributed by atoms with van der Waals surface area (Å²) in [6, 6.07) is 52.2. The Balaban J connectivity index is 0.850. The Morgan fingerprint density at radius 3 is 1.05 bits per heavy atom. The average Bonchev–Trinajstić information content (AvgIpc) is 3.94. The molecule has 0 unspecified atom stereocenters. The second kappa shape index (κ2) is 11.7. The minimum Gasteiger partial charge on any atom is -0.0616 e. The SMILES string of the molecule is CC1(C)C(c2ccc3c(c2)C(C)(C)c2cc4c(cc2-3)C(C)(C)c2ccc3ccccc3c2-4)=CC=C1c1ccc2c(c1)C(C)(C)c1cc3c(cc1-2)C(C)(C)c1ccc2ccccc2c1-3. The van der Waals surface area contributed by atoms with Gasteiger partial charge in [-0.05, 0) is 169 Å². The van der Waals surface area contributed by atoms with E-state index >= 15 is 0 Å². The van der Waals surface area contributed by atoms with Crippen LogP contribution in [-0.4, -0.2) is 0 Å². The summed E-state index contributed by atoms with van der Waals surface area (Å²) in [6.07, 6.45) is 4.82. The molecule has 0 atom stereocenters. The molecule has 0 saturated heterocycles. The molecule has 63 heavy (non-hydrogen) atoms. The third-order valence-corrected chi connectivity index (χ3v) is 17.1. The molecule has 0 heteroatoms. The number of allylic oxidation sites excluding steroid dienone is 4. The summed E-state index contributed by atoms with van der Waals surface area (Å²) in [4.78, 5) is 0. The highest BCUT2D eigenvalue weighted by Gasteiger charge is 2.45. The monoisotopic (exact) mass is 810 g/mol. The van der Waals surface area contributed by atoms with Crippen LogP contribution in [0.3, 0.4) is 0 Å². The van der Waals surface area contributed by atoms with Crippen LogP contribution in [0.1, 0.15) is 125 Å². The van der Waals surface area contributed by atoms with Gasteiger partial charge >= 0.3 is 0 Å². The van der Waals surface area contributed by atoms with E-state index in [0.717, 1.165) is 0 Å². The van der Waals surface area contributed by atoms with E-state index < -0.39 is 0 Å². The van der Waals surface area contributed by atoms with Gasteiger partial charge in [0.05, 0.1) is 0 Å². The maximum absolute atomic E-state index is 2.56. The Bertz CT molecular complexity index is 3280. The molecule has 0 bridgehead atoms. The maximum Gasteiger partial charge on any atom is 0.0159 e. The van der Waals surface area contributed by atoms with Crippen molar-refractivity contribution in [2.45, 2.75) is 90.9 Å². The number of fused-ring (bicyclic) bond motifs is 16. The van der Waals surface area contributed by atoms with Crippen LogP contribution < -0.4 is 0 Å². The van der Waals surface area contributed by atoms with Gasteiger partial charge in [-0.2, -0.15) is 0 Å². The molecule has 0 spiro atoms. The van der Waals surface area contributed by atoms with Crippen molar-refractivity contribution in [3.63, 3.8) is 0 Å². The number of hydrogen-bond acceptors (Lipinski definition) is 0. The Morgan fingerprint density at radius 2 is 0.619 bits per heavy atom. The van der Waals surface area contributed by atoms with Crippen molar-refractivity contribution in [2.24, 2.45) is 5.41 Å². The van der Waals surface area contributed by atoms with Crippen molar-refractivity contribution in [1.82, 2.24) is 0 Å². The molecule has 0 nitrogen and oxygen atoms in total. The van der Waals surface area contributed by atoms with Crippen LogP contribution in [0.4, 0.5) is 0 Å². The predicted octanol–water partition coefficient (Wildman–Crippen LogP) is 16.7. The Morgan fingerprint density at radius 1 is 0.270 bits per heavy atom. The number of rotatable bonds is 2. The molecule has 0 aromatic heterocycles. The lowest BCUT2D eigenvalue weighted by molar-refractivity contribution is 0.650. The normalized spacial score (nSPS) is 18.8. The number of benzene rings is 8. The van der Waals surface area contributed by atoms with Crippen LogP contribution >= 0.6 is 0 Å². The number of hydrogen-bond donors (Lipinski definition) is 0. The van der Waals surface area contributed by atoms with Crippen molar-refractivity contribution >= 4 is 32.7 Å². The van der Waals surface area contributed by atoms with Gasteiger partial charge < -0.3 is 0 Å². The van der Waals surface area contributed by atoms with Crippen LogP contribution in [0.25, 0.3) is 77.2 Å². The van der Waals surface area contributed by atoms with E-state index in [9.17, 15) is 0 Å². The summed E-state index contributed by atoms with van der Waals surface area (Å²) in [5.74, 6) is 0. The molecule has 5 aliphatic carbocycles. The predicted molar refractivity (Wildman–Crippen MR) is 268 cm³/mol. The van der Waals surface area contributed by atoms with Crippen LogP contribution in [0.5, 0.6) is 0 Å². The van der Waals surface area contributed by atoms with Crippen molar-refractivity contribution < 1.29 is 0 Å². The van der Waals surface area contributed by atoms with Crippen molar-refractivity contribution in [2.75, 3.05) is 0 Å². The van der Waals surface area contributed by atoms with E-state index in [1.165, 1.54) is 133 Å². The van der Waals surface area contributed by atoms with E-state index in [1.807, 2.05) is 0 Å². The van der Waals surface area contributed by atoms with Crippen molar-refractivity contribution in [3.8, 4) is 44.5 Å². The fraction of sp³-hybridized carbons (Fsp3) is 0.238. The van der Waals surface area contributed by atoms with Gasteiger partial charge in [0, 0.05) is 27.1 Å². The first-order chi connectivity index (χ1) is 30.0. The minimum absolute atomic E-state index is 0.0641. The lowest BCUT2D eigenvalue weighted by atomic mass is 9.73. The van der Waals surface area contributed by atoms with E-state index in [-0.39, 0.29) is 27.1 Å². The molecule has 0 fully saturated rings. The third kappa shape index (κ3) is 4.52. The smallest absolute Gasteiger partial charge is 0.0159 e. The van der Waals surface area contributed by atoms with Gasteiger partial charge in [-0.15, -0.1) is 0 Å². The largest absolute Gasteiger partial charge is 0.0616 e. The Hall–Kier alpha value is -6.24. The molecule has 0 N–H and O–H groups in total. The first-order valence-corrected chi connectivity index (χ1v) is 23.2. The second-order valence-electron chi connectivity index (χ2n) is 22.1. The zero-order valence-corrected chi connectivity index (χ0v) is 38.4. The molecule has 306 valence electrons. The Kier molecular flexibility index (Phi) is 6.91. The highest BCUT2D eigenvalue weighted by molar-refractivity contribution is 6.05. The van der Waals surface area contributed by atoms with E-state index in [0.29, 0.717) is 0 Å². The summed E-state index contributed by atoms with van der Waals surface area (Å²) in [7, 11) is 0. The molecule has 0 aliphatic heterocycles. The molecule has 0 saturated carbocycles. The summed E-state index contributed by atoms with van der Waals surface area (Å²) < 4.78 is 0. The highest BCUT2D eigenvalue weighted by Crippen LogP contribution is 2.61. The van der Waals surface area contributed by atoms with Crippen molar-refractivity contribution in [1.29, 1.82) is 0 Å². The van der Waals surface area contributed by atoms with Crippen LogP contribution in [0.15, 0.2) is 146 Å². The van der Waals surface area contributed by atoms with E-state index in [1.54, 1.807) is 0 Å². The van der Waals surface area contributed by atoms with Crippen LogP contribution in [0, 0.1) is 5.41 Å². The molecular weight excluding hydrogens is 757 g/mol. The average molecular weight is 811 g/mol. The van der Waals surface area contributed by atoms with Gasteiger partial charge in [0.15, 0.2) is 0 Å². The Labute approximate surface area is 373 Å². The fourth-order valence-electron chi connectivity index (χ4n) is 13.4. The topological polar surface area (TPSA) is 0 Å². The summed E-state index contributed by atoms with van der Waals surface area (Å²) in [6.45, 7) is 24.3. The van der Waals surface area contributed by atoms with Gasteiger partial charge in [-0.3, -0.25) is 0 Å². The van der Waals surface area contributed by atoms with Crippen LogP contribution in [-0.2, 0) is 21.7 Å². The van der Waals surface area contributed by atoms with Gasteiger partial charge in [0.1, 0.15) is 0 Å². The minimum atomic E-state index is -0.167. The first kappa shape index (κ1) is 37.3. The van der Waals surface area contributed by atoms with E-state index in [2.05, 4.69) is 215 Å². The molecule has 8 aromatic carbocycles. The summed E-state index contributed by atoms with van der Waals surface area (Å²) >= 11 is 0. The quantitative estimate of drug-likeness (QED) is 0.163. The van der Waals surface area contributed by atoms with Gasteiger partial charge in [0.2, 0.25) is 0 Å². The van der Waals surface area contributed by atoms with E-state index in [4.69, 9.17) is 0 Å². The van der Waals surface area contributed by atoms with Gasteiger partial charge in [-0.1, -0.05) is 178 Å². The lowest BCUT2D eigenvalue weighted by Crippen LogP contribution is -2.18. The lowest BCUT2D eigenvalue weighted by Gasteiger charge is -2.30. The van der Waals surface area contributed by atoms with Gasteiger partial charge in [-0.25, -0.2) is 0 Å². The molecule has 13 rings (SSSR count). The molecule has 8 aromatic rings. The summed E-state index contributed by atoms with van der Waals surface area (Å²) in [5, 5.41) is 5.35. The zero-order chi connectivity index (χ0) is 43.3. The highest BCUT2D eigenvalue weighted by atomic mass is 14.5. The molecule has 0 amide bonds. The maximum atomic E-state index is 2.56. The third-order valence-electron chi connectivity index (χ3n) is 17.1. The molecule has 5 aliphatic rings. The van der Waals surface area contributed by atoms with Gasteiger partial charge in [0.25, 0.3) is 0 Å². The molecule has 0 radical (unpaired) electrons. The fourth-order valence-corrected chi connectivity index (χ4v) is 13.4. The van der Waals surface area contributed by atoms with Crippen LogP contribution in [0.2, 0.25) is 0 Å². The molecule has 0 heterocycles. The molecular formula is C63H54.